The monoisotopic (exact) mass is 466 g/mol. The molecule has 10 heteroatoms. The third-order valence-electron chi connectivity index (χ3n) is 8.14. The van der Waals surface area contributed by atoms with E-state index in [1.807, 2.05) is 0 Å². The Morgan fingerprint density at radius 3 is 2.55 bits per heavy atom. The van der Waals surface area contributed by atoms with Gasteiger partial charge in [-0.05, 0) is 74.8 Å². The minimum atomic E-state index is -4.43. The predicted molar refractivity (Wildman–Crippen MR) is 113 cm³/mol. The number of aryl methyl sites for hydroxylation is 1. The molecule has 4 aliphatic carbocycles. The van der Waals surface area contributed by atoms with Crippen LogP contribution in [0, 0.1) is 30.1 Å². The van der Waals surface area contributed by atoms with Gasteiger partial charge in [-0.3, -0.25) is 4.79 Å². The van der Waals surface area contributed by atoms with Gasteiger partial charge in [-0.2, -0.15) is 13.2 Å². The second-order valence-electron chi connectivity index (χ2n) is 10.4. The summed E-state index contributed by atoms with van der Waals surface area (Å²) in [7, 11) is 0. The van der Waals surface area contributed by atoms with E-state index in [0.29, 0.717) is 49.7 Å². The minimum Gasteiger partial charge on any atom is -0.446 e. The molecule has 3 N–H and O–H groups in total. The van der Waals surface area contributed by atoms with Crippen molar-refractivity contribution in [2.75, 3.05) is 18.4 Å². The number of amides is 2. The average Bonchev–Trinajstić information content (AvgIpc) is 3.19. The van der Waals surface area contributed by atoms with Crippen molar-refractivity contribution in [2.45, 2.75) is 63.8 Å². The fourth-order valence-electron chi connectivity index (χ4n) is 6.78. The molecule has 6 rings (SSSR count). The molecule has 1 aromatic heterocycles. The molecule has 0 aromatic carbocycles. The Hall–Kier alpha value is -2.52. The topological polar surface area (TPSA) is 97.6 Å². The lowest BCUT2D eigenvalue weighted by atomic mass is 9.48. The van der Waals surface area contributed by atoms with E-state index in [4.69, 9.17) is 10.5 Å². The number of primary amides is 1. The van der Waals surface area contributed by atoms with Crippen molar-refractivity contribution in [3.05, 3.63) is 23.4 Å². The first-order valence-electron chi connectivity index (χ1n) is 11.6. The number of nitrogens with two attached hydrogens (primary N) is 1. The lowest BCUT2D eigenvalue weighted by Crippen LogP contribution is -2.59. The highest BCUT2D eigenvalue weighted by Gasteiger charge is 2.59. The maximum absolute atomic E-state index is 12.9. The van der Waals surface area contributed by atoms with E-state index in [9.17, 15) is 22.8 Å². The number of ether oxygens (including phenoxy) is 1. The molecule has 0 radical (unpaired) electrons. The van der Waals surface area contributed by atoms with Crippen LogP contribution in [0.4, 0.5) is 23.8 Å². The SMILES string of the molecule is Cc1cc(C(F)(F)F)cnc1NC1CCN(C(=O)OC2C3CC4CC2CC(C(N)=O)(C4)C3)C1. The Bertz CT molecular complexity index is 953. The van der Waals surface area contributed by atoms with Gasteiger partial charge in [-0.15, -0.1) is 0 Å². The van der Waals surface area contributed by atoms with Crippen LogP contribution < -0.4 is 11.1 Å². The molecule has 180 valence electrons. The second kappa shape index (κ2) is 7.77. The largest absolute Gasteiger partial charge is 0.446 e. The van der Waals surface area contributed by atoms with Gasteiger partial charge >= 0.3 is 12.3 Å². The fourth-order valence-corrected chi connectivity index (χ4v) is 6.78. The van der Waals surface area contributed by atoms with Crippen molar-refractivity contribution in [3.8, 4) is 0 Å². The molecule has 4 saturated carbocycles. The number of alkyl halides is 3. The van der Waals surface area contributed by atoms with Crippen molar-refractivity contribution < 1.29 is 27.5 Å². The molecule has 3 atom stereocenters. The highest BCUT2D eigenvalue weighted by Crippen LogP contribution is 2.60. The molecule has 5 fully saturated rings. The molecular weight excluding hydrogens is 437 g/mol. The van der Waals surface area contributed by atoms with Gasteiger partial charge in [0.1, 0.15) is 11.9 Å². The molecule has 1 aromatic rings. The van der Waals surface area contributed by atoms with Crippen LogP contribution in [0.15, 0.2) is 12.3 Å². The summed E-state index contributed by atoms with van der Waals surface area (Å²) in [4.78, 5) is 30.6. The maximum Gasteiger partial charge on any atom is 0.417 e. The van der Waals surface area contributed by atoms with Crippen molar-refractivity contribution in [2.24, 2.45) is 28.9 Å². The number of halogens is 3. The highest BCUT2D eigenvalue weighted by atomic mass is 19.4. The smallest absolute Gasteiger partial charge is 0.417 e. The number of nitrogens with one attached hydrogen (secondary N) is 1. The van der Waals surface area contributed by atoms with E-state index in [2.05, 4.69) is 10.3 Å². The lowest BCUT2D eigenvalue weighted by molar-refractivity contribution is -0.161. The van der Waals surface area contributed by atoms with Crippen molar-refractivity contribution in [1.29, 1.82) is 0 Å². The predicted octanol–water partition coefficient (Wildman–Crippen LogP) is 3.71. The van der Waals surface area contributed by atoms with Gasteiger partial charge in [0.15, 0.2) is 0 Å². The Morgan fingerprint density at radius 2 is 1.94 bits per heavy atom. The van der Waals surface area contributed by atoms with Gasteiger partial charge in [0.05, 0.1) is 11.0 Å². The first kappa shape index (κ1) is 22.3. The molecule has 5 aliphatic rings. The number of nitrogens with zero attached hydrogens (tertiary/aromatic N) is 2. The zero-order chi connectivity index (χ0) is 23.5. The number of anilines is 1. The minimum absolute atomic E-state index is 0.114. The number of likely N-dealkylation sites (tertiary alicyclic amines) is 1. The van der Waals surface area contributed by atoms with Gasteiger partial charge in [0, 0.05) is 25.3 Å². The van der Waals surface area contributed by atoms with Gasteiger partial charge in [-0.25, -0.2) is 9.78 Å². The quantitative estimate of drug-likeness (QED) is 0.705. The summed E-state index contributed by atoms with van der Waals surface area (Å²) in [5.74, 6) is 1.03. The molecule has 1 aliphatic heterocycles. The molecule has 33 heavy (non-hydrogen) atoms. The van der Waals surface area contributed by atoms with Crippen LogP contribution in [0.1, 0.15) is 49.7 Å². The summed E-state index contributed by atoms with van der Waals surface area (Å²) in [6.07, 6.45) is 0.746. The van der Waals surface area contributed by atoms with E-state index >= 15 is 0 Å². The number of carbonyl (C=O) groups excluding carboxylic acids is 2. The van der Waals surface area contributed by atoms with Crippen LogP contribution in [-0.2, 0) is 15.7 Å². The normalized spacial score (nSPS) is 35.0. The number of hydrogen-bond acceptors (Lipinski definition) is 5. The number of aromatic nitrogens is 1. The summed E-state index contributed by atoms with van der Waals surface area (Å²) in [6.45, 7) is 2.49. The molecule has 4 bridgehead atoms. The number of carbonyl (C=O) groups is 2. The molecule has 0 spiro atoms. The summed E-state index contributed by atoms with van der Waals surface area (Å²) in [6, 6.07) is 0.957. The van der Waals surface area contributed by atoms with Crippen LogP contribution in [0.5, 0.6) is 0 Å². The number of hydrogen-bond donors (Lipinski definition) is 2. The van der Waals surface area contributed by atoms with Crippen molar-refractivity contribution in [1.82, 2.24) is 9.88 Å². The third-order valence-corrected chi connectivity index (χ3v) is 8.14. The molecule has 2 heterocycles. The van der Waals surface area contributed by atoms with E-state index in [-0.39, 0.29) is 36.0 Å². The van der Waals surface area contributed by atoms with Crippen LogP contribution in [0.25, 0.3) is 0 Å². The first-order chi connectivity index (χ1) is 15.5. The van der Waals surface area contributed by atoms with E-state index in [1.54, 1.807) is 11.8 Å². The summed E-state index contributed by atoms with van der Waals surface area (Å²) in [5, 5.41) is 3.17. The Labute approximate surface area is 190 Å². The molecule has 2 amide bonds. The third kappa shape index (κ3) is 4.01. The van der Waals surface area contributed by atoms with Gasteiger partial charge in [-0.1, -0.05) is 0 Å². The Morgan fingerprint density at radius 1 is 1.24 bits per heavy atom. The van der Waals surface area contributed by atoms with Crippen LogP contribution >= 0.6 is 0 Å². The van der Waals surface area contributed by atoms with Gasteiger partial charge < -0.3 is 20.7 Å². The van der Waals surface area contributed by atoms with Crippen LogP contribution in [-0.4, -0.2) is 47.1 Å². The Kier molecular flexibility index (Phi) is 5.25. The average molecular weight is 467 g/mol. The summed E-state index contributed by atoms with van der Waals surface area (Å²) >= 11 is 0. The molecule has 7 nitrogen and oxygen atoms in total. The zero-order valence-corrected chi connectivity index (χ0v) is 18.5. The summed E-state index contributed by atoms with van der Waals surface area (Å²) < 4.78 is 44.6. The highest BCUT2D eigenvalue weighted by molar-refractivity contribution is 5.81. The van der Waals surface area contributed by atoms with Crippen LogP contribution in [0.2, 0.25) is 0 Å². The molecule has 1 saturated heterocycles. The van der Waals surface area contributed by atoms with E-state index in [1.165, 1.54) is 0 Å². The standard InChI is InChI=1S/C23H29F3N4O3/c1-12-4-16(23(24,25)26)10-28-19(12)29-17-2-3-30(11-17)21(32)33-18-14-5-13-6-15(18)9-22(7-13,8-14)20(27)31/h4,10,13-15,17-18H,2-3,5-9,11H2,1H3,(H2,27,31)(H,28,29). The van der Waals surface area contributed by atoms with E-state index < -0.39 is 17.2 Å². The van der Waals surface area contributed by atoms with E-state index in [0.717, 1.165) is 31.5 Å². The second-order valence-corrected chi connectivity index (χ2v) is 10.4. The van der Waals surface area contributed by atoms with Crippen molar-refractivity contribution >= 4 is 17.8 Å². The number of rotatable bonds is 4. The fraction of sp³-hybridized carbons (Fsp3) is 0.696. The first-order valence-corrected chi connectivity index (χ1v) is 11.6. The van der Waals surface area contributed by atoms with Crippen LogP contribution in [0.3, 0.4) is 0 Å². The summed E-state index contributed by atoms with van der Waals surface area (Å²) in [5.41, 5.74) is 4.94. The van der Waals surface area contributed by atoms with Gasteiger partial charge in [0.2, 0.25) is 5.91 Å². The molecular formula is C23H29F3N4O3. The Balaban J connectivity index is 1.18. The van der Waals surface area contributed by atoms with Gasteiger partial charge in [0.25, 0.3) is 0 Å². The lowest BCUT2D eigenvalue weighted by Gasteiger charge is -2.58. The number of pyridine rings is 1. The molecule has 3 unspecified atom stereocenters. The zero-order valence-electron chi connectivity index (χ0n) is 18.5. The maximum atomic E-state index is 12.9. The van der Waals surface area contributed by atoms with Crippen molar-refractivity contribution in [3.63, 3.8) is 0 Å².